The zero-order valence-electron chi connectivity index (χ0n) is 16.2. The number of hydrogen-bond donors (Lipinski definition) is 1. The number of amides is 1. The monoisotopic (exact) mass is 433 g/mol. The summed E-state index contributed by atoms with van der Waals surface area (Å²) in [6, 6.07) is 1.69. The van der Waals surface area contributed by atoms with Gasteiger partial charge >= 0.3 is 12.4 Å². The van der Waals surface area contributed by atoms with Gasteiger partial charge in [0.25, 0.3) is 5.91 Å². The number of aromatic nitrogens is 2. The van der Waals surface area contributed by atoms with Gasteiger partial charge in [-0.2, -0.15) is 26.3 Å². The Kier molecular flexibility index (Phi) is 6.14. The normalized spacial score (nSPS) is 17.0. The average Bonchev–Trinajstić information content (AvgIpc) is 3.10. The van der Waals surface area contributed by atoms with E-state index in [1.54, 1.807) is 4.57 Å². The van der Waals surface area contributed by atoms with Crippen LogP contribution in [0.5, 0.6) is 0 Å². The standard InChI is InChI=1S/C20H21F6N3O/c1-2-3-6-27-18(30)16-11-29-10-12(4-5-17(29)28-16)13-7-14(19(21,22)23)9-15(8-13)20(24,25)26/h7-9,11-12H,2-6,10H2,1H3,(H,27,30)/t12-/m1/s1. The largest absolute Gasteiger partial charge is 0.416 e. The third-order valence-electron chi connectivity index (χ3n) is 5.12. The molecule has 0 saturated carbocycles. The fraction of sp³-hybridized carbons (Fsp3) is 0.500. The number of carbonyl (C=O) groups excluding carboxylic acids is 1. The van der Waals surface area contributed by atoms with E-state index in [4.69, 9.17) is 0 Å². The van der Waals surface area contributed by atoms with Crippen LogP contribution < -0.4 is 5.32 Å². The highest BCUT2D eigenvalue weighted by molar-refractivity contribution is 5.92. The van der Waals surface area contributed by atoms with E-state index in [9.17, 15) is 31.1 Å². The quantitative estimate of drug-likeness (QED) is 0.522. The zero-order chi connectivity index (χ0) is 22.1. The van der Waals surface area contributed by atoms with E-state index in [1.807, 2.05) is 6.92 Å². The first-order chi connectivity index (χ1) is 14.0. The molecule has 1 atom stereocenters. The molecule has 1 aliphatic heterocycles. The predicted octanol–water partition coefficient (Wildman–Crippen LogP) is 5.18. The van der Waals surface area contributed by atoms with E-state index in [0.29, 0.717) is 25.2 Å². The maximum atomic E-state index is 13.1. The molecule has 0 bridgehead atoms. The van der Waals surface area contributed by atoms with Crippen molar-refractivity contribution in [1.29, 1.82) is 0 Å². The van der Waals surface area contributed by atoms with Gasteiger partial charge in [0.15, 0.2) is 0 Å². The third-order valence-corrected chi connectivity index (χ3v) is 5.12. The van der Waals surface area contributed by atoms with Gasteiger partial charge in [0, 0.05) is 31.6 Å². The maximum absolute atomic E-state index is 13.1. The van der Waals surface area contributed by atoms with Crippen LogP contribution in [0, 0.1) is 0 Å². The molecule has 1 aromatic carbocycles. The Labute approximate surface area is 169 Å². The van der Waals surface area contributed by atoms with Gasteiger partial charge in [-0.25, -0.2) is 4.98 Å². The summed E-state index contributed by atoms with van der Waals surface area (Å²) in [6.45, 7) is 2.65. The number of carbonyl (C=O) groups is 1. The van der Waals surface area contributed by atoms with E-state index in [1.165, 1.54) is 6.20 Å². The first-order valence-electron chi connectivity index (χ1n) is 9.62. The number of imidazole rings is 1. The fourth-order valence-electron chi connectivity index (χ4n) is 3.51. The maximum Gasteiger partial charge on any atom is 0.416 e. The lowest BCUT2D eigenvalue weighted by molar-refractivity contribution is -0.143. The second-order valence-corrected chi connectivity index (χ2v) is 7.38. The number of halogens is 6. The Hall–Kier alpha value is -2.52. The molecule has 2 heterocycles. The van der Waals surface area contributed by atoms with Gasteiger partial charge in [-0.15, -0.1) is 0 Å². The number of unbranched alkanes of at least 4 members (excludes halogenated alkanes) is 1. The van der Waals surface area contributed by atoms with Crippen LogP contribution in [-0.4, -0.2) is 22.0 Å². The van der Waals surface area contributed by atoms with Gasteiger partial charge in [-0.1, -0.05) is 13.3 Å². The lowest BCUT2D eigenvalue weighted by Gasteiger charge is -2.25. The van der Waals surface area contributed by atoms with Crippen LogP contribution >= 0.6 is 0 Å². The number of hydrogen-bond acceptors (Lipinski definition) is 2. The average molecular weight is 433 g/mol. The van der Waals surface area contributed by atoms with Crippen molar-refractivity contribution in [2.75, 3.05) is 6.54 Å². The molecule has 0 radical (unpaired) electrons. The van der Waals surface area contributed by atoms with E-state index < -0.39 is 29.4 Å². The molecule has 0 spiro atoms. The molecule has 0 saturated heterocycles. The molecule has 3 rings (SSSR count). The van der Waals surface area contributed by atoms with E-state index in [-0.39, 0.29) is 29.8 Å². The van der Waals surface area contributed by atoms with E-state index in [2.05, 4.69) is 10.3 Å². The van der Waals surface area contributed by atoms with Crippen LogP contribution in [0.1, 0.15) is 65.1 Å². The number of aryl methyl sites for hydroxylation is 1. The summed E-state index contributed by atoms with van der Waals surface area (Å²) < 4.78 is 80.4. The highest BCUT2D eigenvalue weighted by atomic mass is 19.4. The summed E-state index contributed by atoms with van der Waals surface area (Å²) in [5, 5.41) is 2.74. The van der Waals surface area contributed by atoms with Crippen LogP contribution in [0.25, 0.3) is 0 Å². The van der Waals surface area contributed by atoms with Gasteiger partial charge in [0.1, 0.15) is 11.5 Å². The minimum absolute atomic E-state index is 0.0227. The Morgan fingerprint density at radius 1 is 1.13 bits per heavy atom. The molecular weight excluding hydrogens is 412 g/mol. The lowest BCUT2D eigenvalue weighted by atomic mass is 9.89. The molecule has 164 valence electrons. The number of nitrogens with zero attached hydrogens (tertiary/aromatic N) is 2. The van der Waals surface area contributed by atoms with E-state index in [0.717, 1.165) is 25.0 Å². The zero-order valence-corrected chi connectivity index (χ0v) is 16.2. The van der Waals surface area contributed by atoms with Crippen molar-refractivity contribution in [2.45, 2.75) is 57.4 Å². The number of nitrogens with one attached hydrogen (secondary N) is 1. The Bertz CT molecular complexity index is 884. The fourth-order valence-corrected chi connectivity index (χ4v) is 3.51. The van der Waals surface area contributed by atoms with Crippen LogP contribution in [0.15, 0.2) is 24.4 Å². The van der Waals surface area contributed by atoms with Crippen molar-refractivity contribution < 1.29 is 31.1 Å². The van der Waals surface area contributed by atoms with Crippen molar-refractivity contribution in [2.24, 2.45) is 0 Å². The highest BCUT2D eigenvalue weighted by Gasteiger charge is 2.38. The minimum Gasteiger partial charge on any atom is -0.351 e. The lowest BCUT2D eigenvalue weighted by Crippen LogP contribution is -2.24. The topological polar surface area (TPSA) is 46.9 Å². The summed E-state index contributed by atoms with van der Waals surface area (Å²) in [4.78, 5) is 16.4. The second-order valence-electron chi connectivity index (χ2n) is 7.38. The Balaban J connectivity index is 1.85. The molecule has 1 aromatic heterocycles. The van der Waals surface area contributed by atoms with Crippen LogP contribution in [0.4, 0.5) is 26.3 Å². The van der Waals surface area contributed by atoms with Crippen molar-refractivity contribution in [3.05, 3.63) is 52.6 Å². The first-order valence-corrected chi connectivity index (χ1v) is 9.62. The van der Waals surface area contributed by atoms with Gasteiger partial charge < -0.3 is 9.88 Å². The smallest absolute Gasteiger partial charge is 0.351 e. The molecular formula is C20H21F6N3O. The second kappa shape index (κ2) is 8.31. The minimum atomic E-state index is -4.88. The van der Waals surface area contributed by atoms with Crippen molar-refractivity contribution in [3.63, 3.8) is 0 Å². The highest BCUT2D eigenvalue weighted by Crippen LogP contribution is 2.39. The molecule has 1 amide bonds. The van der Waals surface area contributed by atoms with Crippen LogP contribution in [0.2, 0.25) is 0 Å². The third kappa shape index (κ3) is 4.96. The molecule has 30 heavy (non-hydrogen) atoms. The number of rotatable bonds is 5. The number of fused-ring (bicyclic) bond motifs is 1. The first kappa shape index (κ1) is 22.2. The Morgan fingerprint density at radius 3 is 2.33 bits per heavy atom. The van der Waals surface area contributed by atoms with Gasteiger partial charge in [-0.3, -0.25) is 4.79 Å². The van der Waals surface area contributed by atoms with Crippen molar-refractivity contribution in [1.82, 2.24) is 14.9 Å². The Morgan fingerprint density at radius 2 is 1.77 bits per heavy atom. The van der Waals surface area contributed by atoms with Crippen molar-refractivity contribution >= 4 is 5.91 Å². The van der Waals surface area contributed by atoms with E-state index >= 15 is 0 Å². The predicted molar refractivity (Wildman–Crippen MR) is 97.0 cm³/mol. The molecule has 10 heteroatoms. The summed E-state index contributed by atoms with van der Waals surface area (Å²) >= 11 is 0. The van der Waals surface area contributed by atoms with Crippen molar-refractivity contribution in [3.8, 4) is 0 Å². The van der Waals surface area contributed by atoms with Crippen LogP contribution in [-0.2, 0) is 25.3 Å². The SMILES string of the molecule is CCCCNC(=O)c1cn2c(n1)CC[C@@H](c1cc(C(F)(F)F)cc(C(F)(F)F)c1)C2. The summed E-state index contributed by atoms with van der Waals surface area (Å²) in [7, 11) is 0. The molecule has 0 fully saturated rings. The summed E-state index contributed by atoms with van der Waals surface area (Å²) in [6.07, 6.45) is -5.84. The van der Waals surface area contributed by atoms with Gasteiger partial charge in [0.2, 0.25) is 0 Å². The van der Waals surface area contributed by atoms with Gasteiger partial charge in [0.05, 0.1) is 11.1 Å². The molecule has 1 aliphatic rings. The molecule has 0 aliphatic carbocycles. The summed E-state index contributed by atoms with van der Waals surface area (Å²) in [5.74, 6) is -0.304. The molecule has 0 unspecified atom stereocenters. The molecule has 2 aromatic rings. The molecule has 1 N–H and O–H groups in total. The molecule has 4 nitrogen and oxygen atoms in total. The van der Waals surface area contributed by atoms with Crippen LogP contribution in [0.3, 0.4) is 0 Å². The summed E-state index contributed by atoms with van der Waals surface area (Å²) in [5.41, 5.74) is -2.47. The van der Waals surface area contributed by atoms with Gasteiger partial charge in [-0.05, 0) is 36.6 Å². The number of benzene rings is 1. The number of alkyl halides is 6.